The first kappa shape index (κ1) is 21.8. The number of rotatable bonds is 6. The van der Waals surface area contributed by atoms with Crippen molar-refractivity contribution in [1.29, 1.82) is 0 Å². The standard InChI is InChI=1S/C26H27FN8/c1-15-12-28-9-7-20(15)32-26-23-18(16-4-5-16)13-29-14-21(23)33-24(35-26)17-6-10-30-22(11-17)34-25-19(27)3-2-8-31-25/h2-3,6,8,10-11,13-16,20,28H,4-5,7,9,12H2,1H3,(H,30,31,34)(H,32,33,35)/t15-,20+/m1/s1. The topological polar surface area (TPSA) is 101 Å². The summed E-state index contributed by atoms with van der Waals surface area (Å²) in [6.07, 6.45) is 10.4. The third-order valence-electron chi connectivity index (χ3n) is 6.78. The quantitative estimate of drug-likeness (QED) is 0.374. The fourth-order valence-corrected chi connectivity index (χ4v) is 4.69. The molecule has 5 heterocycles. The Bertz CT molecular complexity index is 1370. The van der Waals surface area contributed by atoms with E-state index in [1.165, 1.54) is 30.7 Å². The minimum Gasteiger partial charge on any atom is -0.366 e. The van der Waals surface area contributed by atoms with Gasteiger partial charge in [-0.25, -0.2) is 24.3 Å². The van der Waals surface area contributed by atoms with Crippen LogP contribution in [0.1, 0.15) is 37.7 Å². The number of anilines is 3. The van der Waals surface area contributed by atoms with E-state index in [-0.39, 0.29) is 5.82 Å². The number of piperidine rings is 1. The Hall–Kier alpha value is -3.72. The van der Waals surface area contributed by atoms with Crippen LogP contribution in [0, 0.1) is 11.7 Å². The van der Waals surface area contributed by atoms with Crippen LogP contribution in [-0.4, -0.2) is 44.1 Å². The van der Waals surface area contributed by atoms with Crippen LogP contribution in [0.4, 0.5) is 21.8 Å². The molecule has 9 heteroatoms. The van der Waals surface area contributed by atoms with E-state index in [1.807, 2.05) is 24.5 Å². The highest BCUT2D eigenvalue weighted by atomic mass is 19.1. The average Bonchev–Trinajstić information content (AvgIpc) is 3.72. The summed E-state index contributed by atoms with van der Waals surface area (Å²) in [5.41, 5.74) is 2.82. The first-order chi connectivity index (χ1) is 17.2. The Balaban J connectivity index is 1.41. The molecule has 2 fully saturated rings. The van der Waals surface area contributed by atoms with E-state index < -0.39 is 5.82 Å². The molecular formula is C26H27FN8. The second kappa shape index (κ2) is 9.14. The van der Waals surface area contributed by atoms with Crippen LogP contribution in [0.15, 0.2) is 49.1 Å². The molecule has 0 unspecified atom stereocenters. The molecule has 0 radical (unpaired) electrons. The summed E-state index contributed by atoms with van der Waals surface area (Å²) in [5.74, 6) is 2.58. The van der Waals surface area contributed by atoms with Gasteiger partial charge in [-0.3, -0.25) is 4.98 Å². The van der Waals surface area contributed by atoms with Gasteiger partial charge in [-0.1, -0.05) is 6.92 Å². The van der Waals surface area contributed by atoms with Crippen molar-refractivity contribution in [2.45, 2.75) is 38.1 Å². The zero-order valence-electron chi connectivity index (χ0n) is 19.5. The maximum absolute atomic E-state index is 14.1. The molecule has 0 amide bonds. The molecule has 4 aromatic rings. The zero-order valence-corrected chi connectivity index (χ0v) is 19.5. The normalized spacial score (nSPS) is 20.1. The van der Waals surface area contributed by atoms with E-state index in [9.17, 15) is 4.39 Å². The third kappa shape index (κ3) is 4.51. The molecular weight excluding hydrogens is 443 g/mol. The van der Waals surface area contributed by atoms with Gasteiger partial charge in [0.25, 0.3) is 0 Å². The Morgan fingerprint density at radius 1 is 1.03 bits per heavy atom. The summed E-state index contributed by atoms with van der Waals surface area (Å²) in [6.45, 7) is 4.22. The van der Waals surface area contributed by atoms with E-state index in [1.54, 1.807) is 12.3 Å². The monoisotopic (exact) mass is 470 g/mol. The number of halogens is 1. The Kier molecular flexibility index (Phi) is 5.69. The summed E-state index contributed by atoms with van der Waals surface area (Å²) in [4.78, 5) is 22.8. The molecule has 35 heavy (non-hydrogen) atoms. The predicted octanol–water partition coefficient (Wildman–Crippen LogP) is 4.65. The van der Waals surface area contributed by atoms with E-state index in [0.29, 0.717) is 29.5 Å². The van der Waals surface area contributed by atoms with Crippen LogP contribution in [0.2, 0.25) is 0 Å². The molecule has 0 spiro atoms. The SMILES string of the molecule is C[C@@H]1CNCC[C@@H]1Nc1nc(-c2ccnc(Nc3ncccc3F)c2)nc2cncc(C3CC3)c12. The summed E-state index contributed by atoms with van der Waals surface area (Å²) >= 11 is 0. The highest BCUT2D eigenvalue weighted by Gasteiger charge is 2.29. The van der Waals surface area contributed by atoms with E-state index >= 15 is 0 Å². The molecule has 6 rings (SSSR count). The molecule has 2 aliphatic rings. The van der Waals surface area contributed by atoms with Gasteiger partial charge < -0.3 is 16.0 Å². The van der Waals surface area contributed by atoms with Gasteiger partial charge in [-0.15, -0.1) is 0 Å². The highest BCUT2D eigenvalue weighted by molar-refractivity contribution is 5.93. The number of pyridine rings is 3. The molecule has 0 aromatic carbocycles. The molecule has 3 N–H and O–H groups in total. The zero-order chi connectivity index (χ0) is 23.8. The number of fused-ring (bicyclic) bond motifs is 1. The van der Waals surface area contributed by atoms with Crippen molar-refractivity contribution in [2.75, 3.05) is 23.7 Å². The van der Waals surface area contributed by atoms with Crippen molar-refractivity contribution >= 4 is 28.4 Å². The molecule has 1 saturated carbocycles. The van der Waals surface area contributed by atoms with E-state index in [2.05, 4.69) is 37.8 Å². The van der Waals surface area contributed by atoms with Crippen molar-refractivity contribution in [2.24, 2.45) is 5.92 Å². The number of hydrogen-bond acceptors (Lipinski definition) is 8. The Morgan fingerprint density at radius 3 is 2.77 bits per heavy atom. The van der Waals surface area contributed by atoms with Crippen LogP contribution in [0.3, 0.4) is 0 Å². The number of nitrogens with zero attached hydrogens (tertiary/aromatic N) is 5. The van der Waals surface area contributed by atoms with Crippen molar-refractivity contribution < 1.29 is 4.39 Å². The first-order valence-electron chi connectivity index (χ1n) is 12.1. The lowest BCUT2D eigenvalue weighted by atomic mass is 9.95. The van der Waals surface area contributed by atoms with E-state index in [0.717, 1.165) is 41.8 Å². The second-order valence-corrected chi connectivity index (χ2v) is 9.40. The molecule has 2 atom stereocenters. The molecule has 4 aromatic heterocycles. The van der Waals surface area contributed by atoms with Gasteiger partial charge in [0.15, 0.2) is 17.5 Å². The van der Waals surface area contributed by atoms with Gasteiger partial charge in [0.2, 0.25) is 0 Å². The van der Waals surface area contributed by atoms with Crippen molar-refractivity contribution in [3.05, 3.63) is 60.4 Å². The van der Waals surface area contributed by atoms with Gasteiger partial charge in [0.1, 0.15) is 11.6 Å². The third-order valence-corrected chi connectivity index (χ3v) is 6.78. The molecule has 1 aliphatic heterocycles. The molecule has 8 nitrogen and oxygen atoms in total. The lowest BCUT2D eigenvalue weighted by Gasteiger charge is -2.31. The van der Waals surface area contributed by atoms with Crippen LogP contribution >= 0.6 is 0 Å². The highest BCUT2D eigenvalue weighted by Crippen LogP contribution is 2.44. The lowest BCUT2D eigenvalue weighted by molar-refractivity contribution is 0.368. The van der Waals surface area contributed by atoms with Gasteiger partial charge in [0, 0.05) is 35.6 Å². The summed E-state index contributed by atoms with van der Waals surface area (Å²) < 4.78 is 14.1. The van der Waals surface area contributed by atoms with Gasteiger partial charge in [-0.2, -0.15) is 0 Å². The van der Waals surface area contributed by atoms with E-state index in [4.69, 9.17) is 9.97 Å². The Morgan fingerprint density at radius 2 is 1.94 bits per heavy atom. The molecule has 178 valence electrons. The lowest BCUT2D eigenvalue weighted by Crippen LogP contribution is -2.42. The molecule has 0 bridgehead atoms. The van der Waals surface area contributed by atoms with Crippen LogP contribution in [0.25, 0.3) is 22.3 Å². The summed E-state index contributed by atoms with van der Waals surface area (Å²) in [5, 5.41) is 11.2. The number of hydrogen-bond donors (Lipinski definition) is 3. The maximum atomic E-state index is 14.1. The smallest absolute Gasteiger partial charge is 0.167 e. The van der Waals surface area contributed by atoms with Crippen molar-refractivity contribution in [3.63, 3.8) is 0 Å². The number of aromatic nitrogens is 5. The average molecular weight is 471 g/mol. The summed E-state index contributed by atoms with van der Waals surface area (Å²) in [7, 11) is 0. The minimum absolute atomic E-state index is 0.122. The largest absolute Gasteiger partial charge is 0.366 e. The first-order valence-corrected chi connectivity index (χ1v) is 12.1. The molecule has 1 saturated heterocycles. The van der Waals surface area contributed by atoms with Gasteiger partial charge in [0.05, 0.1) is 11.7 Å². The van der Waals surface area contributed by atoms with Crippen molar-refractivity contribution in [1.82, 2.24) is 30.2 Å². The van der Waals surface area contributed by atoms with Gasteiger partial charge in [-0.05, 0) is 74.0 Å². The number of nitrogens with one attached hydrogen (secondary N) is 3. The fraction of sp³-hybridized carbons (Fsp3) is 0.346. The van der Waals surface area contributed by atoms with Crippen LogP contribution in [0.5, 0.6) is 0 Å². The van der Waals surface area contributed by atoms with Crippen molar-refractivity contribution in [3.8, 4) is 11.4 Å². The van der Waals surface area contributed by atoms with Gasteiger partial charge >= 0.3 is 0 Å². The fourth-order valence-electron chi connectivity index (χ4n) is 4.69. The Labute approximate surface area is 202 Å². The van der Waals surface area contributed by atoms with Crippen LogP contribution in [-0.2, 0) is 0 Å². The predicted molar refractivity (Wildman–Crippen MR) is 134 cm³/mol. The van der Waals surface area contributed by atoms with Crippen LogP contribution < -0.4 is 16.0 Å². The minimum atomic E-state index is -0.442. The molecule has 1 aliphatic carbocycles. The second-order valence-electron chi connectivity index (χ2n) is 9.40. The summed E-state index contributed by atoms with van der Waals surface area (Å²) in [6, 6.07) is 6.90. The maximum Gasteiger partial charge on any atom is 0.167 e.